The quantitative estimate of drug-likeness (QED) is 0.555. The van der Waals surface area contributed by atoms with E-state index in [1.165, 1.54) is 30.4 Å². The fourth-order valence-electron chi connectivity index (χ4n) is 4.61. The van der Waals surface area contributed by atoms with Crippen LogP contribution >= 0.6 is 0 Å². The van der Waals surface area contributed by atoms with E-state index in [1.54, 1.807) is 11.0 Å². The van der Waals surface area contributed by atoms with E-state index in [-0.39, 0.29) is 0 Å². The average molecular weight is 420 g/mol. The molecule has 1 aliphatic heterocycles. The van der Waals surface area contributed by atoms with Crippen LogP contribution in [0, 0.1) is 17.8 Å². The van der Waals surface area contributed by atoms with Gasteiger partial charge in [0.1, 0.15) is 6.33 Å². The molecule has 2 aliphatic rings. The molecule has 31 heavy (non-hydrogen) atoms. The summed E-state index contributed by atoms with van der Waals surface area (Å²) in [5.74, 6) is 3.25. The number of anilines is 1. The molecule has 1 saturated heterocycles. The zero-order valence-electron chi connectivity index (χ0n) is 18.0. The summed E-state index contributed by atoms with van der Waals surface area (Å²) >= 11 is 0. The van der Waals surface area contributed by atoms with E-state index in [9.17, 15) is 0 Å². The van der Waals surface area contributed by atoms with Crippen LogP contribution in [0.4, 0.5) is 5.95 Å². The molecule has 0 N–H and O–H groups in total. The first-order valence-electron chi connectivity index (χ1n) is 11.3. The number of nitrogens with zero attached hydrogens (tertiary/aromatic N) is 7. The molecule has 1 aliphatic carbocycles. The summed E-state index contributed by atoms with van der Waals surface area (Å²) in [6.07, 6.45) is 10.3. The molecule has 162 valence electrons. The van der Waals surface area contributed by atoms with Crippen LogP contribution in [0.2, 0.25) is 0 Å². The zero-order chi connectivity index (χ0) is 21.0. The van der Waals surface area contributed by atoms with Crippen LogP contribution in [0.3, 0.4) is 0 Å². The molecule has 8 nitrogen and oxygen atoms in total. The first-order valence-corrected chi connectivity index (χ1v) is 11.3. The maximum atomic E-state index is 6.03. The van der Waals surface area contributed by atoms with Crippen molar-refractivity contribution in [2.24, 2.45) is 17.8 Å². The second-order valence-electron chi connectivity index (χ2n) is 8.66. The van der Waals surface area contributed by atoms with Crippen molar-refractivity contribution in [2.75, 3.05) is 24.6 Å². The van der Waals surface area contributed by atoms with E-state index in [1.807, 2.05) is 24.5 Å². The van der Waals surface area contributed by atoms with Gasteiger partial charge in [0, 0.05) is 25.5 Å². The summed E-state index contributed by atoms with van der Waals surface area (Å²) in [5.41, 5.74) is 3.33. The number of piperidine rings is 1. The highest BCUT2D eigenvalue weighted by atomic mass is 16.5. The number of rotatable bonds is 8. The number of tetrazole rings is 1. The molecule has 2 fully saturated rings. The molecule has 0 spiro atoms. The fraction of sp³-hybridized carbons (Fsp3) is 0.522. The molecule has 0 amide bonds. The summed E-state index contributed by atoms with van der Waals surface area (Å²) in [6.45, 7) is 5.78. The van der Waals surface area contributed by atoms with Crippen LogP contribution in [0.25, 0.3) is 5.69 Å². The van der Waals surface area contributed by atoms with Gasteiger partial charge in [-0.3, -0.25) is 0 Å². The first kappa shape index (κ1) is 20.1. The van der Waals surface area contributed by atoms with Crippen molar-refractivity contribution in [3.63, 3.8) is 0 Å². The summed E-state index contributed by atoms with van der Waals surface area (Å²) in [4.78, 5) is 11.4. The van der Waals surface area contributed by atoms with Crippen LogP contribution in [0.5, 0.6) is 0 Å². The molecule has 3 heterocycles. The lowest BCUT2D eigenvalue weighted by Crippen LogP contribution is -2.35. The van der Waals surface area contributed by atoms with Gasteiger partial charge >= 0.3 is 0 Å². The lowest BCUT2D eigenvalue weighted by Gasteiger charge is -2.32. The summed E-state index contributed by atoms with van der Waals surface area (Å²) < 4.78 is 7.68. The fourth-order valence-corrected chi connectivity index (χ4v) is 4.61. The predicted octanol–water partition coefficient (Wildman–Crippen LogP) is 3.08. The standard InChI is InChI=1S/C23H29N7O/c1-2-17-12-24-23(25-13-17)29-9-7-19(8-10-29)22-11-20(22)15-31-14-18-3-5-21(6-4-18)30-16-26-27-28-30/h3-6,12-13,16,19-20,22H,2,7-11,14-15H2,1H3/t20-,22+/m0/s1. The second-order valence-corrected chi connectivity index (χ2v) is 8.66. The van der Waals surface area contributed by atoms with Gasteiger partial charge in [-0.15, -0.1) is 5.10 Å². The molecular weight excluding hydrogens is 390 g/mol. The van der Waals surface area contributed by atoms with E-state index < -0.39 is 0 Å². The van der Waals surface area contributed by atoms with Crippen LogP contribution < -0.4 is 4.90 Å². The monoisotopic (exact) mass is 419 g/mol. The van der Waals surface area contributed by atoms with Crippen LogP contribution in [-0.4, -0.2) is 49.9 Å². The summed E-state index contributed by atoms with van der Waals surface area (Å²) in [5, 5.41) is 11.2. The first-order chi connectivity index (χ1) is 15.3. The Balaban J connectivity index is 1.03. The Labute approximate surface area is 182 Å². The second kappa shape index (κ2) is 9.09. The number of hydrogen-bond acceptors (Lipinski definition) is 7. The van der Waals surface area contributed by atoms with Crippen molar-refractivity contribution in [1.82, 2.24) is 30.2 Å². The molecule has 2 atom stereocenters. The van der Waals surface area contributed by atoms with Gasteiger partial charge in [0.05, 0.1) is 18.9 Å². The maximum Gasteiger partial charge on any atom is 0.225 e. The van der Waals surface area contributed by atoms with Crippen LogP contribution in [0.15, 0.2) is 43.0 Å². The Bertz CT molecular complexity index is 951. The van der Waals surface area contributed by atoms with Crippen molar-refractivity contribution < 1.29 is 4.74 Å². The smallest absolute Gasteiger partial charge is 0.225 e. The lowest BCUT2D eigenvalue weighted by atomic mass is 9.91. The Morgan fingerprint density at radius 3 is 2.48 bits per heavy atom. The molecule has 3 aromatic rings. The third-order valence-electron chi connectivity index (χ3n) is 6.66. The van der Waals surface area contributed by atoms with E-state index in [0.717, 1.165) is 55.5 Å². The minimum Gasteiger partial charge on any atom is -0.376 e. The van der Waals surface area contributed by atoms with E-state index in [4.69, 9.17) is 4.74 Å². The normalized spacial score (nSPS) is 21.4. The zero-order valence-corrected chi connectivity index (χ0v) is 18.0. The average Bonchev–Trinajstić information content (AvgIpc) is 3.38. The minimum absolute atomic E-state index is 0.655. The third-order valence-corrected chi connectivity index (χ3v) is 6.66. The Hall–Kier alpha value is -2.87. The molecule has 0 bridgehead atoms. The number of aryl methyl sites for hydroxylation is 1. The van der Waals surface area contributed by atoms with Crippen molar-refractivity contribution >= 4 is 5.95 Å². The third kappa shape index (κ3) is 4.74. The Morgan fingerprint density at radius 1 is 1.03 bits per heavy atom. The van der Waals surface area contributed by atoms with Gasteiger partial charge in [0.2, 0.25) is 5.95 Å². The minimum atomic E-state index is 0.655. The molecule has 1 aromatic carbocycles. The molecular formula is C23H29N7O. The number of hydrogen-bond donors (Lipinski definition) is 0. The molecule has 2 aromatic heterocycles. The van der Waals surface area contributed by atoms with Gasteiger partial charge in [0.15, 0.2) is 0 Å². The molecule has 0 radical (unpaired) electrons. The van der Waals surface area contributed by atoms with Crippen LogP contribution in [-0.2, 0) is 17.8 Å². The van der Waals surface area contributed by atoms with Crippen LogP contribution in [0.1, 0.15) is 37.3 Å². The van der Waals surface area contributed by atoms with Gasteiger partial charge in [-0.25, -0.2) is 14.6 Å². The van der Waals surface area contributed by atoms with Gasteiger partial charge in [-0.05, 0) is 77.1 Å². The largest absolute Gasteiger partial charge is 0.376 e. The van der Waals surface area contributed by atoms with Crippen molar-refractivity contribution in [3.8, 4) is 5.69 Å². The summed E-state index contributed by atoms with van der Waals surface area (Å²) in [7, 11) is 0. The molecule has 8 heteroatoms. The van der Waals surface area contributed by atoms with Gasteiger partial charge in [-0.1, -0.05) is 19.1 Å². The number of ether oxygens (including phenoxy) is 1. The Morgan fingerprint density at radius 2 is 1.81 bits per heavy atom. The maximum absolute atomic E-state index is 6.03. The van der Waals surface area contributed by atoms with Gasteiger partial charge in [-0.2, -0.15) is 0 Å². The molecule has 1 saturated carbocycles. The number of benzene rings is 1. The van der Waals surface area contributed by atoms with Gasteiger partial charge in [0.25, 0.3) is 0 Å². The lowest BCUT2D eigenvalue weighted by molar-refractivity contribution is 0.104. The van der Waals surface area contributed by atoms with Crippen molar-refractivity contribution in [1.29, 1.82) is 0 Å². The Kier molecular flexibility index (Phi) is 5.88. The highest BCUT2D eigenvalue weighted by molar-refractivity contribution is 5.33. The highest BCUT2D eigenvalue weighted by Gasteiger charge is 2.43. The van der Waals surface area contributed by atoms with E-state index in [2.05, 4.69) is 49.4 Å². The topological polar surface area (TPSA) is 81.9 Å². The van der Waals surface area contributed by atoms with E-state index >= 15 is 0 Å². The summed E-state index contributed by atoms with van der Waals surface area (Å²) in [6, 6.07) is 8.18. The SMILES string of the molecule is CCc1cnc(N2CCC([C@H]3C[C@H]3COCc3ccc(-n4cnnn4)cc3)CC2)nc1. The predicted molar refractivity (Wildman–Crippen MR) is 117 cm³/mol. The number of aromatic nitrogens is 6. The van der Waals surface area contributed by atoms with Crippen molar-refractivity contribution in [3.05, 3.63) is 54.1 Å². The highest BCUT2D eigenvalue weighted by Crippen LogP contribution is 2.48. The van der Waals surface area contributed by atoms with Gasteiger partial charge < -0.3 is 9.64 Å². The molecule has 5 rings (SSSR count). The van der Waals surface area contributed by atoms with E-state index in [0.29, 0.717) is 6.61 Å². The van der Waals surface area contributed by atoms with Crippen molar-refractivity contribution in [2.45, 2.75) is 39.2 Å². The molecule has 0 unspecified atom stereocenters.